The number of hydrogen-bond acceptors (Lipinski definition) is 3. The third kappa shape index (κ3) is 2.65. The molecule has 0 aliphatic rings. The van der Waals surface area contributed by atoms with E-state index in [0.29, 0.717) is 23.1 Å². The molecule has 0 amide bonds. The predicted molar refractivity (Wildman–Crippen MR) is 62.5 cm³/mol. The third-order valence-electron chi connectivity index (χ3n) is 2.31. The predicted octanol–water partition coefficient (Wildman–Crippen LogP) is 2.93. The number of halogens is 1. The molecule has 1 aromatic carbocycles. The van der Waals surface area contributed by atoms with Crippen molar-refractivity contribution in [1.29, 1.82) is 0 Å². The largest absolute Gasteiger partial charge is 0.476 e. The number of rotatable bonds is 3. The van der Waals surface area contributed by atoms with E-state index in [1.807, 2.05) is 12.1 Å². The van der Waals surface area contributed by atoms with E-state index in [1.54, 1.807) is 19.1 Å². The minimum absolute atomic E-state index is 0.0334. The first-order chi connectivity index (χ1) is 8.06. The van der Waals surface area contributed by atoms with Crippen LogP contribution in [0.3, 0.4) is 0 Å². The van der Waals surface area contributed by atoms with Crippen LogP contribution in [0.4, 0.5) is 0 Å². The van der Waals surface area contributed by atoms with Gasteiger partial charge in [0.2, 0.25) is 0 Å². The Labute approximate surface area is 103 Å². The van der Waals surface area contributed by atoms with E-state index >= 15 is 0 Å². The summed E-state index contributed by atoms with van der Waals surface area (Å²) in [6, 6.07) is 7.24. The maximum Gasteiger partial charge on any atom is 0.358 e. The van der Waals surface area contributed by atoms with Crippen LogP contribution in [0, 0.1) is 6.92 Å². The summed E-state index contributed by atoms with van der Waals surface area (Å²) in [5.74, 6) is -0.364. The first-order valence-corrected chi connectivity index (χ1v) is 5.38. The van der Waals surface area contributed by atoms with E-state index in [9.17, 15) is 4.79 Å². The van der Waals surface area contributed by atoms with Crippen LogP contribution in [0.15, 0.2) is 28.7 Å². The highest BCUT2D eigenvalue weighted by atomic mass is 35.5. The number of benzene rings is 1. The number of nitrogens with zero attached hydrogens (tertiary/aromatic N) is 1. The lowest BCUT2D eigenvalue weighted by Gasteiger charge is -1.96. The summed E-state index contributed by atoms with van der Waals surface area (Å²) in [6.45, 7) is 1.59. The number of aryl methyl sites for hydroxylation is 1. The Balaban J connectivity index is 2.22. The molecule has 2 rings (SSSR count). The van der Waals surface area contributed by atoms with Gasteiger partial charge in [-0.25, -0.2) is 9.78 Å². The number of aromatic nitrogens is 1. The van der Waals surface area contributed by atoms with Gasteiger partial charge >= 0.3 is 5.97 Å². The van der Waals surface area contributed by atoms with E-state index in [2.05, 4.69) is 4.98 Å². The number of carboxylic acids is 1. The van der Waals surface area contributed by atoms with Crippen molar-refractivity contribution in [2.45, 2.75) is 13.3 Å². The Bertz CT molecular complexity index is 545. The monoisotopic (exact) mass is 251 g/mol. The minimum atomic E-state index is -1.08. The second kappa shape index (κ2) is 4.59. The lowest BCUT2D eigenvalue weighted by Crippen LogP contribution is -1.99. The summed E-state index contributed by atoms with van der Waals surface area (Å²) >= 11 is 5.77. The molecule has 4 nitrogen and oxygen atoms in total. The van der Waals surface area contributed by atoms with Gasteiger partial charge in [-0.3, -0.25) is 0 Å². The van der Waals surface area contributed by atoms with E-state index in [0.717, 1.165) is 5.56 Å². The van der Waals surface area contributed by atoms with Gasteiger partial charge in [-0.05, 0) is 24.6 Å². The highest BCUT2D eigenvalue weighted by Crippen LogP contribution is 2.16. The molecular formula is C12H10ClNO3. The van der Waals surface area contributed by atoms with Crippen molar-refractivity contribution < 1.29 is 14.3 Å². The van der Waals surface area contributed by atoms with Crippen LogP contribution in [-0.2, 0) is 6.42 Å². The quantitative estimate of drug-likeness (QED) is 0.911. The van der Waals surface area contributed by atoms with Gasteiger partial charge in [-0.15, -0.1) is 0 Å². The van der Waals surface area contributed by atoms with Crippen LogP contribution in [0.1, 0.15) is 27.7 Å². The summed E-state index contributed by atoms with van der Waals surface area (Å²) in [6.07, 6.45) is 0.450. The summed E-state index contributed by atoms with van der Waals surface area (Å²) in [7, 11) is 0. The third-order valence-corrected chi connectivity index (χ3v) is 2.56. The smallest absolute Gasteiger partial charge is 0.358 e. The first-order valence-electron chi connectivity index (χ1n) is 5.00. The van der Waals surface area contributed by atoms with Crippen molar-refractivity contribution in [3.8, 4) is 0 Å². The second-order valence-electron chi connectivity index (χ2n) is 3.62. The van der Waals surface area contributed by atoms with Crippen LogP contribution in [-0.4, -0.2) is 16.1 Å². The van der Waals surface area contributed by atoms with Crippen LogP contribution in [0.25, 0.3) is 0 Å². The Morgan fingerprint density at radius 3 is 2.59 bits per heavy atom. The van der Waals surface area contributed by atoms with Gasteiger partial charge in [0, 0.05) is 11.4 Å². The lowest BCUT2D eigenvalue weighted by atomic mass is 10.1. The molecule has 1 aromatic heterocycles. The van der Waals surface area contributed by atoms with Crippen molar-refractivity contribution in [3.63, 3.8) is 0 Å². The molecule has 0 spiro atoms. The molecule has 0 unspecified atom stereocenters. The maximum absolute atomic E-state index is 10.8. The Morgan fingerprint density at radius 1 is 1.41 bits per heavy atom. The highest BCUT2D eigenvalue weighted by molar-refractivity contribution is 6.30. The number of aromatic carboxylic acids is 1. The zero-order valence-electron chi connectivity index (χ0n) is 9.11. The molecule has 1 N–H and O–H groups in total. The van der Waals surface area contributed by atoms with Gasteiger partial charge in [0.1, 0.15) is 5.76 Å². The van der Waals surface area contributed by atoms with E-state index < -0.39 is 5.97 Å². The fourth-order valence-corrected chi connectivity index (χ4v) is 1.63. The number of carboxylic acid groups (broad SMARTS) is 1. The average molecular weight is 252 g/mol. The molecule has 0 saturated carbocycles. The molecule has 0 atom stereocenters. The van der Waals surface area contributed by atoms with Crippen LogP contribution < -0.4 is 0 Å². The molecule has 0 aliphatic heterocycles. The zero-order valence-corrected chi connectivity index (χ0v) is 9.86. The first kappa shape index (κ1) is 11.7. The number of hydrogen-bond donors (Lipinski definition) is 1. The molecule has 0 saturated heterocycles. The molecule has 2 aromatic rings. The molecule has 0 aliphatic carbocycles. The molecule has 88 valence electrons. The van der Waals surface area contributed by atoms with Crippen molar-refractivity contribution in [3.05, 3.63) is 52.2 Å². The summed E-state index contributed by atoms with van der Waals surface area (Å²) in [5, 5.41) is 9.50. The SMILES string of the molecule is Cc1oc(Cc2ccc(Cl)cc2)nc1C(=O)O. The topological polar surface area (TPSA) is 63.3 Å². The highest BCUT2D eigenvalue weighted by Gasteiger charge is 2.15. The molecule has 0 radical (unpaired) electrons. The van der Waals surface area contributed by atoms with Crippen molar-refractivity contribution in [1.82, 2.24) is 4.98 Å². The van der Waals surface area contributed by atoms with E-state index in [4.69, 9.17) is 21.1 Å². The molecule has 5 heteroatoms. The van der Waals surface area contributed by atoms with Gasteiger partial charge < -0.3 is 9.52 Å². The normalized spacial score (nSPS) is 10.5. The Morgan fingerprint density at radius 2 is 2.06 bits per heavy atom. The second-order valence-corrected chi connectivity index (χ2v) is 4.06. The molecule has 1 heterocycles. The van der Waals surface area contributed by atoms with E-state index in [-0.39, 0.29) is 5.69 Å². The summed E-state index contributed by atoms with van der Waals surface area (Å²) in [5.41, 5.74) is 0.932. The number of oxazole rings is 1. The van der Waals surface area contributed by atoms with Gasteiger partial charge in [0.15, 0.2) is 11.6 Å². The fourth-order valence-electron chi connectivity index (χ4n) is 1.50. The number of carbonyl (C=O) groups is 1. The fraction of sp³-hybridized carbons (Fsp3) is 0.167. The van der Waals surface area contributed by atoms with Crippen molar-refractivity contribution in [2.75, 3.05) is 0 Å². The molecule has 0 fully saturated rings. The molecular weight excluding hydrogens is 242 g/mol. The van der Waals surface area contributed by atoms with Crippen LogP contribution >= 0.6 is 11.6 Å². The van der Waals surface area contributed by atoms with Crippen molar-refractivity contribution in [2.24, 2.45) is 0 Å². The minimum Gasteiger partial charge on any atom is -0.476 e. The standard InChI is InChI=1S/C12H10ClNO3/c1-7-11(12(15)16)14-10(17-7)6-8-2-4-9(13)5-3-8/h2-5H,6H2,1H3,(H,15,16). The zero-order chi connectivity index (χ0) is 12.4. The maximum atomic E-state index is 10.8. The molecule has 0 bridgehead atoms. The average Bonchev–Trinajstić information content (AvgIpc) is 2.63. The van der Waals surface area contributed by atoms with Crippen molar-refractivity contribution >= 4 is 17.6 Å². The van der Waals surface area contributed by atoms with Gasteiger partial charge in [0.05, 0.1) is 0 Å². The summed E-state index contributed by atoms with van der Waals surface area (Å²) in [4.78, 5) is 14.7. The van der Waals surface area contributed by atoms with Gasteiger partial charge in [0.25, 0.3) is 0 Å². The van der Waals surface area contributed by atoms with Crippen LogP contribution in [0.2, 0.25) is 5.02 Å². The van der Waals surface area contributed by atoms with Gasteiger partial charge in [-0.2, -0.15) is 0 Å². The summed E-state index contributed by atoms with van der Waals surface area (Å²) < 4.78 is 5.29. The van der Waals surface area contributed by atoms with E-state index in [1.165, 1.54) is 0 Å². The Kier molecular flexibility index (Phi) is 3.15. The van der Waals surface area contributed by atoms with Crippen LogP contribution in [0.5, 0.6) is 0 Å². The Hall–Kier alpha value is -1.81. The lowest BCUT2D eigenvalue weighted by molar-refractivity contribution is 0.0689. The van der Waals surface area contributed by atoms with Gasteiger partial charge in [-0.1, -0.05) is 23.7 Å². The molecule has 17 heavy (non-hydrogen) atoms.